The first kappa shape index (κ1) is 25.8. The van der Waals surface area contributed by atoms with Gasteiger partial charge < -0.3 is 14.4 Å². The van der Waals surface area contributed by atoms with Gasteiger partial charge in [-0.05, 0) is 74.7 Å². The largest absolute Gasteiger partial charge is 0.479 e. The maximum Gasteiger partial charge on any atom is 0.339 e. The number of halogens is 2. The molecule has 0 aliphatic carbocycles. The van der Waals surface area contributed by atoms with Crippen LogP contribution in [0.15, 0.2) is 53.3 Å². The number of nitrogens with zero attached hydrogens (tertiary/aromatic N) is 1. The summed E-state index contributed by atoms with van der Waals surface area (Å²) in [4.78, 5) is 25.8. The summed E-state index contributed by atoms with van der Waals surface area (Å²) in [5.41, 5.74) is 2.53. The Balaban J connectivity index is 2.31. The molecule has 1 atom stereocenters. The van der Waals surface area contributed by atoms with Gasteiger partial charge in [-0.2, -0.15) is 0 Å². The quantitative estimate of drug-likeness (QED) is 0.405. The van der Waals surface area contributed by atoms with Gasteiger partial charge in [-0.25, -0.2) is 4.79 Å². The van der Waals surface area contributed by atoms with E-state index in [0.717, 1.165) is 11.1 Å². The van der Waals surface area contributed by atoms with Crippen LogP contribution in [0.4, 0.5) is 0 Å². The molecule has 34 heavy (non-hydrogen) atoms. The van der Waals surface area contributed by atoms with Crippen LogP contribution in [0.1, 0.15) is 49.3 Å². The Hall–Kier alpha value is -2.86. The van der Waals surface area contributed by atoms with Gasteiger partial charge in [0.25, 0.3) is 5.56 Å². The van der Waals surface area contributed by atoms with Crippen molar-refractivity contribution in [2.45, 2.75) is 39.4 Å². The van der Waals surface area contributed by atoms with Crippen molar-refractivity contribution in [2.24, 2.45) is 7.05 Å². The summed E-state index contributed by atoms with van der Waals surface area (Å²) in [6.07, 6.45) is 2.22. The fraction of sp³-hybridized carbons (Fsp3) is 0.259. The lowest BCUT2D eigenvalue weighted by Crippen LogP contribution is -2.34. The van der Waals surface area contributed by atoms with E-state index in [-0.39, 0.29) is 11.3 Å². The number of pyridine rings is 1. The highest BCUT2D eigenvalue weighted by molar-refractivity contribution is 6.30. The van der Waals surface area contributed by atoms with Crippen LogP contribution in [0.5, 0.6) is 0 Å². The van der Waals surface area contributed by atoms with Gasteiger partial charge in [0.05, 0.1) is 11.3 Å². The molecule has 0 saturated carbocycles. The highest BCUT2D eigenvalue weighted by atomic mass is 35.5. The summed E-state index contributed by atoms with van der Waals surface area (Å²) >= 11 is 12.1. The third-order valence-electron chi connectivity index (χ3n) is 5.32. The number of hydrogen-bond donors (Lipinski definition) is 1. The summed E-state index contributed by atoms with van der Waals surface area (Å²) in [6.45, 7) is 7.14. The van der Waals surface area contributed by atoms with Crippen molar-refractivity contribution in [3.05, 3.63) is 91.3 Å². The Morgan fingerprint density at radius 1 is 1.00 bits per heavy atom. The Labute approximate surface area is 209 Å². The summed E-state index contributed by atoms with van der Waals surface area (Å²) in [6, 6.07) is 14.3. The van der Waals surface area contributed by atoms with Gasteiger partial charge in [-0.15, -0.1) is 0 Å². The minimum atomic E-state index is -1.35. The van der Waals surface area contributed by atoms with E-state index < -0.39 is 17.7 Å². The second-order valence-corrected chi connectivity index (χ2v) is 9.88. The molecule has 5 nitrogen and oxygen atoms in total. The number of aliphatic carboxylic acids is 1. The summed E-state index contributed by atoms with van der Waals surface area (Å²) in [5.74, 6) is -1.18. The van der Waals surface area contributed by atoms with E-state index in [1.54, 1.807) is 70.3 Å². The van der Waals surface area contributed by atoms with Crippen molar-refractivity contribution in [3.63, 3.8) is 0 Å². The van der Waals surface area contributed by atoms with Crippen LogP contribution >= 0.6 is 23.2 Å². The molecule has 0 saturated heterocycles. The van der Waals surface area contributed by atoms with Crippen molar-refractivity contribution < 1.29 is 14.6 Å². The number of carboxylic acid groups (broad SMARTS) is 1. The average Bonchev–Trinajstić information content (AvgIpc) is 2.76. The number of aromatic nitrogens is 1. The maximum atomic E-state index is 13.4. The number of ether oxygens (including phenoxy) is 1. The second-order valence-electron chi connectivity index (χ2n) is 9.00. The molecule has 1 aromatic heterocycles. The Morgan fingerprint density at radius 2 is 1.53 bits per heavy atom. The molecule has 0 aliphatic heterocycles. The standard InChI is InChI=1S/C27H27Cl2NO4/c1-16-21(15-8-17-6-11-19(28)12-7-17)25(31)30(5)23(24(26(32)33)34-27(2,3)4)22(16)18-9-13-20(29)14-10-18/h6-15,24H,1-5H3,(H,32,33)/b15-8+. The van der Waals surface area contributed by atoms with E-state index >= 15 is 0 Å². The zero-order valence-electron chi connectivity index (χ0n) is 19.7. The fourth-order valence-electron chi connectivity index (χ4n) is 3.76. The SMILES string of the molecule is Cc1c(-c2ccc(Cl)cc2)c(C(OC(C)(C)C)C(=O)O)n(C)c(=O)c1/C=C/c1ccc(Cl)cc1. The molecule has 3 rings (SSSR count). The van der Waals surface area contributed by atoms with E-state index in [0.29, 0.717) is 26.7 Å². The van der Waals surface area contributed by atoms with Crippen LogP contribution in [0.3, 0.4) is 0 Å². The first-order valence-electron chi connectivity index (χ1n) is 10.7. The van der Waals surface area contributed by atoms with E-state index in [1.165, 1.54) is 4.57 Å². The van der Waals surface area contributed by atoms with Crippen LogP contribution in [-0.4, -0.2) is 21.2 Å². The number of rotatable bonds is 6. The number of hydrogen-bond acceptors (Lipinski definition) is 3. The molecular formula is C27H27Cl2NO4. The second kappa shape index (κ2) is 10.2. The van der Waals surface area contributed by atoms with Gasteiger partial charge in [-0.1, -0.05) is 53.5 Å². The van der Waals surface area contributed by atoms with Gasteiger partial charge in [-0.3, -0.25) is 4.79 Å². The van der Waals surface area contributed by atoms with E-state index in [9.17, 15) is 14.7 Å². The van der Waals surface area contributed by atoms with Gasteiger partial charge in [0.1, 0.15) is 0 Å². The Bertz CT molecular complexity index is 1280. The predicted octanol–water partition coefficient (Wildman–Crippen LogP) is 6.78. The molecule has 0 aliphatic rings. The highest BCUT2D eigenvalue weighted by Crippen LogP contribution is 2.36. The topological polar surface area (TPSA) is 68.5 Å². The van der Waals surface area contributed by atoms with Crippen molar-refractivity contribution in [1.82, 2.24) is 4.57 Å². The lowest BCUT2D eigenvalue weighted by Gasteiger charge is -2.29. The molecule has 0 spiro atoms. The third kappa shape index (κ3) is 5.79. The minimum Gasteiger partial charge on any atom is -0.479 e. The summed E-state index contributed by atoms with van der Waals surface area (Å²) in [5, 5.41) is 11.2. The number of carbonyl (C=O) groups is 1. The van der Waals surface area contributed by atoms with E-state index in [4.69, 9.17) is 27.9 Å². The smallest absolute Gasteiger partial charge is 0.339 e. The van der Waals surface area contributed by atoms with E-state index in [1.807, 2.05) is 25.1 Å². The summed E-state index contributed by atoms with van der Waals surface area (Å²) < 4.78 is 7.29. The van der Waals surface area contributed by atoms with Crippen molar-refractivity contribution in [3.8, 4) is 11.1 Å². The maximum absolute atomic E-state index is 13.4. The molecule has 2 aromatic carbocycles. The number of carboxylic acids is 1. The van der Waals surface area contributed by atoms with Crippen molar-refractivity contribution in [1.29, 1.82) is 0 Å². The number of benzene rings is 2. The summed E-state index contributed by atoms with van der Waals surface area (Å²) in [7, 11) is 1.57. The first-order chi connectivity index (χ1) is 15.9. The van der Waals surface area contributed by atoms with Crippen LogP contribution in [0, 0.1) is 6.92 Å². The fourth-order valence-corrected chi connectivity index (χ4v) is 4.01. The Kier molecular flexibility index (Phi) is 7.71. The first-order valence-corrected chi connectivity index (χ1v) is 11.5. The molecule has 1 unspecified atom stereocenters. The van der Waals surface area contributed by atoms with Crippen LogP contribution in [-0.2, 0) is 16.6 Å². The normalized spacial score (nSPS) is 12.8. The predicted molar refractivity (Wildman–Crippen MR) is 138 cm³/mol. The molecule has 178 valence electrons. The Morgan fingerprint density at radius 3 is 2.03 bits per heavy atom. The van der Waals surface area contributed by atoms with Crippen molar-refractivity contribution in [2.75, 3.05) is 0 Å². The van der Waals surface area contributed by atoms with Crippen LogP contribution < -0.4 is 5.56 Å². The monoisotopic (exact) mass is 499 g/mol. The zero-order chi connectivity index (χ0) is 25.2. The third-order valence-corrected chi connectivity index (χ3v) is 5.82. The molecule has 0 amide bonds. The average molecular weight is 500 g/mol. The minimum absolute atomic E-state index is 0.274. The molecule has 0 bridgehead atoms. The van der Waals surface area contributed by atoms with Gasteiger partial charge >= 0.3 is 5.97 Å². The van der Waals surface area contributed by atoms with Gasteiger partial charge in [0.15, 0.2) is 6.10 Å². The molecule has 0 fully saturated rings. The van der Waals surface area contributed by atoms with Crippen LogP contribution in [0.2, 0.25) is 10.0 Å². The van der Waals surface area contributed by atoms with Crippen LogP contribution in [0.25, 0.3) is 23.3 Å². The molecular weight excluding hydrogens is 473 g/mol. The highest BCUT2D eigenvalue weighted by Gasteiger charge is 2.33. The molecule has 0 radical (unpaired) electrons. The van der Waals surface area contributed by atoms with Gasteiger partial charge in [0.2, 0.25) is 0 Å². The van der Waals surface area contributed by atoms with E-state index in [2.05, 4.69) is 0 Å². The molecule has 1 heterocycles. The lowest BCUT2D eigenvalue weighted by molar-refractivity contribution is -0.161. The lowest BCUT2D eigenvalue weighted by atomic mass is 9.92. The van der Waals surface area contributed by atoms with Crippen molar-refractivity contribution >= 4 is 41.3 Å². The molecule has 3 aromatic rings. The zero-order valence-corrected chi connectivity index (χ0v) is 21.2. The molecule has 7 heteroatoms. The van der Waals surface area contributed by atoms with Gasteiger partial charge in [0, 0.05) is 28.2 Å². The molecule has 1 N–H and O–H groups in total.